The van der Waals surface area contributed by atoms with Gasteiger partial charge in [-0.05, 0) is 18.3 Å². The van der Waals surface area contributed by atoms with E-state index in [0.29, 0.717) is 13.0 Å². The zero-order valence-corrected chi connectivity index (χ0v) is 11.2. The van der Waals surface area contributed by atoms with E-state index in [1.807, 2.05) is 20.8 Å². The lowest BCUT2D eigenvalue weighted by atomic mass is 9.72. The predicted octanol–water partition coefficient (Wildman–Crippen LogP) is 1.53. The fourth-order valence-corrected chi connectivity index (χ4v) is 3.76. The van der Waals surface area contributed by atoms with Gasteiger partial charge in [0.2, 0.25) is 0 Å². The Hall–Kier alpha value is -0.810. The molecule has 0 aromatic carbocycles. The molecule has 2 N–H and O–H groups in total. The van der Waals surface area contributed by atoms with E-state index in [2.05, 4.69) is 5.32 Å². The zero-order valence-electron chi connectivity index (χ0n) is 14.2. The third-order valence-electron chi connectivity index (χ3n) is 4.24. The van der Waals surface area contributed by atoms with Crippen LogP contribution in [0.5, 0.6) is 0 Å². The Morgan fingerprint density at radius 1 is 1.67 bits per heavy atom. The Morgan fingerprint density at radius 2 is 2.39 bits per heavy atom. The minimum Gasteiger partial charge on any atom is -0.465 e. The number of ether oxygens (including phenoxy) is 1. The van der Waals surface area contributed by atoms with Crippen molar-refractivity contribution in [2.75, 3.05) is 20.2 Å². The molecule has 3 atom stereocenters. The normalized spacial score (nSPS) is 39.1. The molecule has 5 nitrogen and oxygen atoms in total. The van der Waals surface area contributed by atoms with Gasteiger partial charge in [0.05, 0.1) is 16.3 Å². The van der Waals surface area contributed by atoms with Gasteiger partial charge in [-0.15, -0.1) is 0 Å². The molecule has 2 saturated heterocycles. The van der Waals surface area contributed by atoms with Crippen LogP contribution in [0.2, 0.25) is 0 Å². The Bertz CT molecular complexity index is 422. The molecular formula is C13H24N2O3. The van der Waals surface area contributed by atoms with Gasteiger partial charge in [0.15, 0.2) is 0 Å². The number of methoxy groups -OCH3 is 1. The standard InChI is InChI=1S/C13H24N2O3/c1-12(2,3)10-13(8-18-4)6-5-9(7-14-10)15(13)11(16)17/h9-10,14H,5-8H2,1-4H3,(H,16,17)/i4D3. The Balaban J connectivity index is 2.37. The fourth-order valence-electron chi connectivity index (χ4n) is 3.76. The van der Waals surface area contributed by atoms with E-state index in [9.17, 15) is 9.90 Å². The molecule has 2 bridgehead atoms. The van der Waals surface area contributed by atoms with E-state index < -0.39 is 18.7 Å². The number of fused-ring (bicyclic) bond motifs is 2. The molecule has 3 unspecified atom stereocenters. The summed E-state index contributed by atoms with van der Waals surface area (Å²) in [5, 5.41) is 13.0. The molecular weight excluding hydrogens is 232 g/mol. The quantitative estimate of drug-likeness (QED) is 0.789. The maximum Gasteiger partial charge on any atom is 0.408 e. The van der Waals surface area contributed by atoms with Gasteiger partial charge < -0.3 is 15.2 Å². The van der Waals surface area contributed by atoms with Gasteiger partial charge in [-0.2, -0.15) is 0 Å². The second-order valence-electron chi connectivity index (χ2n) is 6.44. The Labute approximate surface area is 113 Å². The number of hydrogen-bond donors (Lipinski definition) is 2. The molecule has 104 valence electrons. The van der Waals surface area contributed by atoms with Crippen molar-refractivity contribution in [3.63, 3.8) is 0 Å². The van der Waals surface area contributed by atoms with Crippen molar-refractivity contribution in [3.8, 4) is 0 Å². The van der Waals surface area contributed by atoms with E-state index >= 15 is 0 Å². The van der Waals surface area contributed by atoms with E-state index in [1.54, 1.807) is 0 Å². The molecule has 18 heavy (non-hydrogen) atoms. The monoisotopic (exact) mass is 259 g/mol. The molecule has 0 aliphatic carbocycles. The second kappa shape index (κ2) is 4.38. The second-order valence-corrected chi connectivity index (χ2v) is 6.44. The fraction of sp³-hybridized carbons (Fsp3) is 0.923. The smallest absolute Gasteiger partial charge is 0.408 e. The van der Waals surface area contributed by atoms with Gasteiger partial charge in [0.25, 0.3) is 0 Å². The number of nitrogens with one attached hydrogen (secondary N) is 1. The molecule has 0 saturated carbocycles. The van der Waals surface area contributed by atoms with Crippen LogP contribution >= 0.6 is 0 Å². The average molecular weight is 259 g/mol. The largest absolute Gasteiger partial charge is 0.465 e. The van der Waals surface area contributed by atoms with Crippen molar-refractivity contribution in [3.05, 3.63) is 0 Å². The van der Waals surface area contributed by atoms with Crippen LogP contribution in [0.1, 0.15) is 37.7 Å². The van der Waals surface area contributed by atoms with E-state index in [4.69, 9.17) is 8.85 Å². The van der Waals surface area contributed by atoms with Gasteiger partial charge in [-0.3, -0.25) is 4.90 Å². The minimum atomic E-state index is -2.52. The summed E-state index contributed by atoms with van der Waals surface area (Å²) < 4.78 is 26.8. The third kappa shape index (κ3) is 1.89. The molecule has 2 aliphatic rings. The Kier molecular flexibility index (Phi) is 2.44. The van der Waals surface area contributed by atoms with Crippen molar-refractivity contribution in [1.29, 1.82) is 0 Å². The highest BCUT2D eigenvalue weighted by molar-refractivity contribution is 5.68. The van der Waals surface area contributed by atoms with Gasteiger partial charge in [-0.1, -0.05) is 20.8 Å². The summed E-state index contributed by atoms with van der Waals surface area (Å²) in [5.74, 6) is 0. The molecule has 0 aromatic heterocycles. The van der Waals surface area contributed by atoms with Gasteiger partial charge >= 0.3 is 6.09 Å². The van der Waals surface area contributed by atoms with Crippen LogP contribution in [0, 0.1) is 5.41 Å². The van der Waals surface area contributed by atoms with Crippen molar-refractivity contribution in [2.45, 2.75) is 51.2 Å². The SMILES string of the molecule is [2H]C([2H])([2H])OCC12CCC(CNC1C(C)(C)C)N2C(=O)O. The molecule has 2 heterocycles. The number of rotatable bonds is 2. The number of amides is 1. The number of hydrogen-bond acceptors (Lipinski definition) is 3. The number of nitrogens with zero attached hydrogens (tertiary/aromatic N) is 1. The molecule has 2 aliphatic heterocycles. The van der Waals surface area contributed by atoms with Gasteiger partial charge in [0.1, 0.15) is 0 Å². The van der Waals surface area contributed by atoms with Crippen LogP contribution in [-0.4, -0.2) is 53.9 Å². The highest BCUT2D eigenvalue weighted by atomic mass is 16.5. The van der Waals surface area contributed by atoms with Crippen LogP contribution in [0.4, 0.5) is 4.79 Å². The van der Waals surface area contributed by atoms with Crippen molar-refractivity contribution in [1.82, 2.24) is 10.2 Å². The topological polar surface area (TPSA) is 61.8 Å². The summed E-state index contributed by atoms with van der Waals surface area (Å²) in [6, 6.07) is -0.261. The zero-order chi connectivity index (χ0) is 16.1. The molecule has 1 amide bonds. The molecule has 0 aromatic rings. The lowest BCUT2D eigenvalue weighted by Crippen LogP contribution is -2.72. The van der Waals surface area contributed by atoms with Crippen LogP contribution in [-0.2, 0) is 4.74 Å². The first kappa shape index (κ1) is 10.0. The van der Waals surface area contributed by atoms with Crippen molar-refractivity contribution >= 4 is 6.09 Å². The summed E-state index contributed by atoms with van der Waals surface area (Å²) in [6.07, 6.45) is 0.355. The number of carboxylic acid groups (broad SMARTS) is 1. The Morgan fingerprint density at radius 3 is 2.94 bits per heavy atom. The summed E-state index contributed by atoms with van der Waals surface area (Å²) >= 11 is 0. The molecule has 0 spiro atoms. The van der Waals surface area contributed by atoms with E-state index in [-0.39, 0.29) is 24.1 Å². The van der Waals surface area contributed by atoms with Crippen molar-refractivity contribution < 1.29 is 18.8 Å². The number of piperazine rings is 1. The maximum atomic E-state index is 11.7. The highest BCUT2D eigenvalue weighted by Crippen LogP contribution is 2.45. The molecule has 5 heteroatoms. The van der Waals surface area contributed by atoms with Crippen molar-refractivity contribution in [2.24, 2.45) is 5.41 Å². The summed E-state index contributed by atoms with van der Waals surface area (Å²) in [6.45, 7) is 6.58. The van der Waals surface area contributed by atoms with Crippen LogP contribution in [0.3, 0.4) is 0 Å². The van der Waals surface area contributed by atoms with Crippen LogP contribution in [0.25, 0.3) is 0 Å². The van der Waals surface area contributed by atoms with Gasteiger partial charge in [0, 0.05) is 25.7 Å². The highest BCUT2D eigenvalue weighted by Gasteiger charge is 2.59. The third-order valence-corrected chi connectivity index (χ3v) is 4.24. The average Bonchev–Trinajstić information content (AvgIpc) is 2.55. The maximum absolute atomic E-state index is 11.7. The lowest BCUT2D eigenvalue weighted by Gasteiger charge is -2.53. The predicted molar refractivity (Wildman–Crippen MR) is 68.7 cm³/mol. The first-order chi connectivity index (χ1) is 9.47. The summed E-state index contributed by atoms with van der Waals surface area (Å²) in [4.78, 5) is 13.2. The summed E-state index contributed by atoms with van der Waals surface area (Å²) in [7, 11) is -2.52. The first-order valence-corrected chi connectivity index (χ1v) is 6.37. The van der Waals surface area contributed by atoms with Crippen LogP contribution < -0.4 is 5.32 Å². The van der Waals surface area contributed by atoms with Gasteiger partial charge in [-0.25, -0.2) is 4.79 Å². The molecule has 0 radical (unpaired) electrons. The minimum absolute atomic E-state index is 0.110. The van der Waals surface area contributed by atoms with E-state index in [0.717, 1.165) is 6.42 Å². The van der Waals surface area contributed by atoms with Crippen LogP contribution in [0.15, 0.2) is 0 Å². The molecule has 2 fully saturated rings. The number of carbonyl (C=O) groups is 1. The van der Waals surface area contributed by atoms with E-state index in [1.165, 1.54) is 4.90 Å². The lowest BCUT2D eigenvalue weighted by molar-refractivity contribution is -0.0429. The first-order valence-electron chi connectivity index (χ1n) is 7.87. The molecule has 2 rings (SSSR count). The summed E-state index contributed by atoms with van der Waals surface area (Å²) in [5.41, 5.74) is -1.03.